The molecular weight excluding hydrogens is 288 g/mol. The number of anilines is 1. The van der Waals surface area contributed by atoms with E-state index in [1.54, 1.807) is 23.1 Å². The van der Waals surface area contributed by atoms with E-state index in [0.717, 1.165) is 28.6 Å². The van der Waals surface area contributed by atoms with Gasteiger partial charge in [0.1, 0.15) is 0 Å². The van der Waals surface area contributed by atoms with Crippen molar-refractivity contribution >= 4 is 34.7 Å². The molecule has 2 rings (SSSR count). The van der Waals surface area contributed by atoms with Crippen molar-refractivity contribution in [1.82, 2.24) is 4.98 Å². The number of benzene rings is 1. The lowest BCUT2D eigenvalue weighted by Crippen LogP contribution is -2.14. The molecule has 5 heteroatoms. The topological polar surface area (TPSA) is 42.0 Å². The van der Waals surface area contributed by atoms with Crippen LogP contribution in [0.2, 0.25) is 0 Å². The number of hydrogen-bond donors (Lipinski definition) is 1. The Hall–Kier alpha value is -1.33. The highest BCUT2D eigenvalue weighted by molar-refractivity contribution is 7.99. The Balaban J connectivity index is 1.77. The van der Waals surface area contributed by atoms with Crippen LogP contribution in [0.4, 0.5) is 5.69 Å². The summed E-state index contributed by atoms with van der Waals surface area (Å²) in [7, 11) is 0. The Morgan fingerprint density at radius 2 is 2.30 bits per heavy atom. The highest BCUT2D eigenvalue weighted by Gasteiger charge is 2.05. The lowest BCUT2D eigenvalue weighted by Gasteiger charge is -2.06. The first kappa shape index (κ1) is 15.1. The molecule has 1 amide bonds. The lowest BCUT2D eigenvalue weighted by atomic mass is 10.1. The van der Waals surface area contributed by atoms with Gasteiger partial charge in [-0.15, -0.1) is 23.1 Å². The molecule has 0 saturated carbocycles. The number of thioether (sulfide) groups is 1. The maximum atomic E-state index is 11.9. The summed E-state index contributed by atoms with van der Waals surface area (Å²) in [5.41, 5.74) is 3.16. The summed E-state index contributed by atoms with van der Waals surface area (Å²) in [6.07, 6.45) is 0.974. The molecule has 0 aliphatic heterocycles. The van der Waals surface area contributed by atoms with E-state index in [-0.39, 0.29) is 5.91 Å². The van der Waals surface area contributed by atoms with Crippen LogP contribution in [0.25, 0.3) is 0 Å². The molecule has 0 saturated heterocycles. The molecule has 0 unspecified atom stereocenters. The van der Waals surface area contributed by atoms with Crippen LogP contribution in [0.3, 0.4) is 0 Å². The molecule has 0 aliphatic rings. The summed E-state index contributed by atoms with van der Waals surface area (Å²) in [6, 6.07) is 7.98. The fraction of sp³-hybridized carbons (Fsp3) is 0.333. The Morgan fingerprint density at radius 1 is 1.45 bits per heavy atom. The van der Waals surface area contributed by atoms with E-state index in [4.69, 9.17) is 0 Å². The van der Waals surface area contributed by atoms with Crippen molar-refractivity contribution in [2.75, 3.05) is 11.1 Å². The normalized spacial score (nSPS) is 10.5. The second-order valence-corrected chi connectivity index (χ2v) is 6.50. The molecule has 20 heavy (non-hydrogen) atoms. The first-order valence-electron chi connectivity index (χ1n) is 6.55. The SMILES string of the molecule is CCc1cccc(NC(=O)CSCc2csc(C)n2)c1. The van der Waals surface area contributed by atoms with E-state index in [0.29, 0.717) is 5.75 Å². The monoisotopic (exact) mass is 306 g/mol. The smallest absolute Gasteiger partial charge is 0.234 e. The van der Waals surface area contributed by atoms with Crippen LogP contribution in [0.5, 0.6) is 0 Å². The standard InChI is InChI=1S/C15H18N2OS2/c1-3-12-5-4-6-13(7-12)17-15(18)10-19-8-14-9-20-11(2)16-14/h4-7,9H,3,8,10H2,1-2H3,(H,17,18). The summed E-state index contributed by atoms with van der Waals surface area (Å²) < 4.78 is 0. The summed E-state index contributed by atoms with van der Waals surface area (Å²) in [5, 5.41) is 6.05. The number of aryl methyl sites for hydroxylation is 2. The van der Waals surface area contributed by atoms with E-state index < -0.39 is 0 Å². The molecule has 1 N–H and O–H groups in total. The Bertz CT molecular complexity index is 581. The minimum absolute atomic E-state index is 0.0372. The Labute approximate surface area is 127 Å². The number of amides is 1. The van der Waals surface area contributed by atoms with Crippen LogP contribution in [0.1, 0.15) is 23.2 Å². The van der Waals surface area contributed by atoms with Crippen molar-refractivity contribution in [1.29, 1.82) is 0 Å². The van der Waals surface area contributed by atoms with Crippen LogP contribution >= 0.6 is 23.1 Å². The van der Waals surface area contributed by atoms with Crippen LogP contribution < -0.4 is 5.32 Å². The molecule has 0 aliphatic carbocycles. The molecule has 0 atom stereocenters. The van der Waals surface area contributed by atoms with Crippen LogP contribution in [-0.4, -0.2) is 16.6 Å². The molecule has 2 aromatic rings. The van der Waals surface area contributed by atoms with Crippen molar-refractivity contribution in [2.24, 2.45) is 0 Å². The van der Waals surface area contributed by atoms with Crippen LogP contribution in [-0.2, 0) is 17.0 Å². The van der Waals surface area contributed by atoms with Gasteiger partial charge in [-0.05, 0) is 31.0 Å². The maximum absolute atomic E-state index is 11.9. The van der Waals surface area contributed by atoms with E-state index in [2.05, 4.69) is 23.3 Å². The summed E-state index contributed by atoms with van der Waals surface area (Å²) in [5.74, 6) is 1.27. The summed E-state index contributed by atoms with van der Waals surface area (Å²) in [4.78, 5) is 16.2. The molecule has 3 nitrogen and oxygen atoms in total. The minimum Gasteiger partial charge on any atom is -0.325 e. The molecule has 1 aromatic carbocycles. The van der Waals surface area contributed by atoms with Crippen molar-refractivity contribution < 1.29 is 4.79 Å². The number of aromatic nitrogens is 1. The van der Waals surface area contributed by atoms with Gasteiger partial charge >= 0.3 is 0 Å². The Morgan fingerprint density at radius 3 is 3.00 bits per heavy atom. The molecule has 0 fully saturated rings. The Kier molecular flexibility index (Phi) is 5.61. The van der Waals surface area contributed by atoms with Gasteiger partial charge in [0.15, 0.2) is 0 Å². The second kappa shape index (κ2) is 7.45. The van der Waals surface area contributed by atoms with Crippen molar-refractivity contribution in [3.05, 3.63) is 45.9 Å². The van der Waals surface area contributed by atoms with Gasteiger partial charge in [-0.1, -0.05) is 19.1 Å². The van der Waals surface area contributed by atoms with E-state index >= 15 is 0 Å². The van der Waals surface area contributed by atoms with Gasteiger partial charge in [-0.3, -0.25) is 4.79 Å². The largest absolute Gasteiger partial charge is 0.325 e. The zero-order valence-electron chi connectivity index (χ0n) is 11.7. The molecular formula is C15H18N2OS2. The fourth-order valence-electron chi connectivity index (χ4n) is 1.79. The van der Waals surface area contributed by atoms with Gasteiger partial charge in [0.05, 0.1) is 16.5 Å². The van der Waals surface area contributed by atoms with Gasteiger partial charge in [0, 0.05) is 16.8 Å². The number of nitrogens with zero attached hydrogens (tertiary/aromatic N) is 1. The van der Waals surface area contributed by atoms with Crippen LogP contribution in [0, 0.1) is 6.92 Å². The number of nitrogens with one attached hydrogen (secondary N) is 1. The quantitative estimate of drug-likeness (QED) is 0.880. The number of thiazole rings is 1. The van der Waals surface area contributed by atoms with Gasteiger partial charge in [-0.2, -0.15) is 0 Å². The molecule has 0 bridgehead atoms. The van der Waals surface area contributed by atoms with Crippen LogP contribution in [0.15, 0.2) is 29.6 Å². The number of carbonyl (C=O) groups is 1. The minimum atomic E-state index is 0.0372. The van der Waals surface area contributed by atoms with Gasteiger partial charge in [0.25, 0.3) is 0 Å². The first-order valence-corrected chi connectivity index (χ1v) is 8.58. The predicted molar refractivity (Wildman–Crippen MR) is 87.5 cm³/mol. The number of carbonyl (C=O) groups excluding carboxylic acids is 1. The third kappa shape index (κ3) is 4.65. The summed E-state index contributed by atoms with van der Waals surface area (Å²) in [6.45, 7) is 4.10. The third-order valence-electron chi connectivity index (χ3n) is 2.77. The van der Waals surface area contributed by atoms with Crippen molar-refractivity contribution in [3.63, 3.8) is 0 Å². The molecule has 1 aromatic heterocycles. The van der Waals surface area contributed by atoms with E-state index in [1.807, 2.05) is 30.5 Å². The highest BCUT2D eigenvalue weighted by atomic mass is 32.2. The molecule has 1 heterocycles. The maximum Gasteiger partial charge on any atom is 0.234 e. The average molecular weight is 306 g/mol. The first-order chi connectivity index (χ1) is 9.67. The predicted octanol–water partition coefficient (Wildman–Crippen LogP) is 3.89. The zero-order valence-corrected chi connectivity index (χ0v) is 13.3. The third-order valence-corrected chi connectivity index (χ3v) is 4.56. The summed E-state index contributed by atoms with van der Waals surface area (Å²) >= 11 is 3.23. The van der Waals surface area contributed by atoms with Gasteiger partial charge in [-0.25, -0.2) is 4.98 Å². The van der Waals surface area contributed by atoms with Crippen molar-refractivity contribution in [2.45, 2.75) is 26.0 Å². The van der Waals surface area contributed by atoms with Gasteiger partial charge < -0.3 is 5.32 Å². The van der Waals surface area contributed by atoms with E-state index in [1.165, 1.54) is 5.56 Å². The van der Waals surface area contributed by atoms with Crippen molar-refractivity contribution in [3.8, 4) is 0 Å². The fourth-order valence-corrected chi connectivity index (χ4v) is 3.22. The lowest BCUT2D eigenvalue weighted by molar-refractivity contribution is -0.113. The molecule has 106 valence electrons. The zero-order chi connectivity index (χ0) is 14.4. The number of rotatable bonds is 6. The molecule has 0 spiro atoms. The second-order valence-electron chi connectivity index (χ2n) is 4.45. The van der Waals surface area contributed by atoms with E-state index in [9.17, 15) is 4.79 Å². The molecule has 0 radical (unpaired) electrons. The highest BCUT2D eigenvalue weighted by Crippen LogP contribution is 2.16. The van der Waals surface area contributed by atoms with Gasteiger partial charge in [0.2, 0.25) is 5.91 Å². The number of hydrogen-bond acceptors (Lipinski definition) is 4. The average Bonchev–Trinajstić information content (AvgIpc) is 2.84.